The van der Waals surface area contributed by atoms with Gasteiger partial charge in [-0.1, -0.05) is 12.1 Å². The summed E-state index contributed by atoms with van der Waals surface area (Å²) in [5, 5.41) is 5.61. The predicted octanol–water partition coefficient (Wildman–Crippen LogP) is 3.59. The normalized spacial score (nSPS) is 12.5. The third kappa shape index (κ3) is 7.08. The van der Waals surface area contributed by atoms with Crippen LogP contribution in [-0.4, -0.2) is 43.1 Å². The van der Waals surface area contributed by atoms with Crippen molar-refractivity contribution in [2.45, 2.75) is 38.8 Å². The van der Waals surface area contributed by atoms with Gasteiger partial charge in [0.05, 0.1) is 18.7 Å². The van der Waals surface area contributed by atoms with Crippen molar-refractivity contribution in [1.29, 1.82) is 0 Å². The van der Waals surface area contributed by atoms with Crippen molar-refractivity contribution in [1.82, 2.24) is 10.2 Å². The lowest BCUT2D eigenvalue weighted by atomic mass is 10.1. The summed E-state index contributed by atoms with van der Waals surface area (Å²) in [4.78, 5) is 26.1. The highest BCUT2D eigenvalue weighted by Gasteiger charge is 2.18. The van der Waals surface area contributed by atoms with E-state index in [-0.39, 0.29) is 18.4 Å². The first-order chi connectivity index (χ1) is 13.1. The van der Waals surface area contributed by atoms with Gasteiger partial charge in [-0.05, 0) is 64.7 Å². The number of ether oxygens (including phenoxy) is 1. The van der Waals surface area contributed by atoms with Crippen molar-refractivity contribution in [3.05, 3.63) is 54.0 Å². The molecule has 2 N–H and O–H groups in total. The number of benzene rings is 1. The Labute approximate surface area is 166 Å². The standard InChI is InChI=1S/C21H29N3O4/c1-21(2,3)28-20(26)23-16-10-8-15(9-11-16)13-19(25)22-14-17(24(4)5)18-7-6-12-27-18/h6-12,17H,13-14H2,1-5H3,(H,22,25)(H,23,26)/t17-/m0/s1. The molecule has 0 radical (unpaired) electrons. The van der Waals surface area contributed by atoms with Crippen molar-refractivity contribution >= 4 is 17.7 Å². The summed E-state index contributed by atoms with van der Waals surface area (Å²) in [6.07, 6.45) is 1.37. The van der Waals surface area contributed by atoms with Gasteiger partial charge in [-0.2, -0.15) is 0 Å². The molecule has 7 nitrogen and oxygen atoms in total. The second-order valence-electron chi connectivity index (χ2n) is 7.80. The monoisotopic (exact) mass is 387 g/mol. The van der Waals surface area contributed by atoms with E-state index in [0.29, 0.717) is 12.2 Å². The van der Waals surface area contributed by atoms with Gasteiger partial charge >= 0.3 is 6.09 Å². The number of amides is 2. The van der Waals surface area contributed by atoms with Gasteiger partial charge in [-0.15, -0.1) is 0 Å². The molecule has 152 valence electrons. The van der Waals surface area contributed by atoms with E-state index in [1.165, 1.54) is 0 Å². The third-order valence-corrected chi connectivity index (χ3v) is 3.95. The summed E-state index contributed by atoms with van der Waals surface area (Å²) < 4.78 is 10.7. The summed E-state index contributed by atoms with van der Waals surface area (Å²) in [5.41, 5.74) is 0.915. The number of rotatable bonds is 7. The van der Waals surface area contributed by atoms with Crippen LogP contribution >= 0.6 is 0 Å². The van der Waals surface area contributed by atoms with E-state index < -0.39 is 11.7 Å². The molecule has 0 aliphatic rings. The van der Waals surface area contributed by atoms with Gasteiger partial charge < -0.3 is 14.5 Å². The van der Waals surface area contributed by atoms with Gasteiger partial charge in [-0.3, -0.25) is 15.0 Å². The van der Waals surface area contributed by atoms with Gasteiger partial charge in [0.2, 0.25) is 5.91 Å². The van der Waals surface area contributed by atoms with Gasteiger partial charge in [0, 0.05) is 12.2 Å². The highest BCUT2D eigenvalue weighted by Crippen LogP contribution is 2.18. The number of anilines is 1. The molecule has 1 heterocycles. The smallest absolute Gasteiger partial charge is 0.412 e. The average molecular weight is 387 g/mol. The first-order valence-electron chi connectivity index (χ1n) is 9.19. The Morgan fingerprint density at radius 1 is 1.14 bits per heavy atom. The van der Waals surface area contributed by atoms with E-state index >= 15 is 0 Å². The molecule has 28 heavy (non-hydrogen) atoms. The number of furan rings is 1. The quantitative estimate of drug-likeness (QED) is 0.759. The Kier molecular flexibility index (Phi) is 7.23. The fraction of sp³-hybridized carbons (Fsp3) is 0.429. The van der Waals surface area contributed by atoms with Gasteiger partial charge in [-0.25, -0.2) is 4.79 Å². The third-order valence-electron chi connectivity index (χ3n) is 3.95. The Bertz CT molecular complexity index is 762. The Morgan fingerprint density at radius 3 is 2.36 bits per heavy atom. The van der Waals surface area contributed by atoms with Crippen LogP contribution in [0.1, 0.15) is 38.1 Å². The molecular formula is C21H29N3O4. The maximum atomic E-state index is 12.3. The molecule has 0 spiro atoms. The van der Waals surface area contributed by atoms with E-state index in [1.807, 2.05) is 43.3 Å². The summed E-state index contributed by atoms with van der Waals surface area (Å²) in [6.45, 7) is 5.88. The van der Waals surface area contributed by atoms with Crippen LogP contribution in [0.4, 0.5) is 10.5 Å². The molecule has 2 rings (SSSR count). The average Bonchev–Trinajstić information content (AvgIpc) is 3.09. The van der Waals surface area contributed by atoms with Gasteiger partial charge in [0.25, 0.3) is 0 Å². The molecule has 2 aromatic rings. The molecule has 7 heteroatoms. The predicted molar refractivity (Wildman–Crippen MR) is 108 cm³/mol. The van der Waals surface area contributed by atoms with Crippen LogP contribution in [0, 0.1) is 0 Å². The molecule has 0 aliphatic heterocycles. The molecular weight excluding hydrogens is 358 g/mol. The number of nitrogens with zero attached hydrogens (tertiary/aromatic N) is 1. The Balaban J connectivity index is 1.84. The lowest BCUT2D eigenvalue weighted by molar-refractivity contribution is -0.120. The fourth-order valence-corrected chi connectivity index (χ4v) is 2.60. The van der Waals surface area contributed by atoms with Crippen molar-refractivity contribution in [3.8, 4) is 0 Å². The molecule has 1 aromatic carbocycles. The summed E-state index contributed by atoms with van der Waals surface area (Å²) in [5.74, 6) is 0.731. The van der Waals surface area contributed by atoms with E-state index in [9.17, 15) is 9.59 Å². The minimum absolute atomic E-state index is 0.0284. The highest BCUT2D eigenvalue weighted by atomic mass is 16.6. The van der Waals surface area contributed by atoms with Crippen molar-refractivity contribution in [3.63, 3.8) is 0 Å². The molecule has 1 aromatic heterocycles. The molecule has 0 saturated carbocycles. The number of likely N-dealkylation sites (N-methyl/N-ethyl adjacent to an activating group) is 1. The van der Waals surface area contributed by atoms with E-state index in [0.717, 1.165) is 11.3 Å². The summed E-state index contributed by atoms with van der Waals surface area (Å²) in [7, 11) is 3.88. The number of hydrogen-bond donors (Lipinski definition) is 2. The zero-order chi connectivity index (χ0) is 20.7. The molecule has 1 atom stereocenters. The molecule has 0 aliphatic carbocycles. The number of hydrogen-bond acceptors (Lipinski definition) is 5. The van der Waals surface area contributed by atoms with Crippen LogP contribution in [0.25, 0.3) is 0 Å². The zero-order valence-electron chi connectivity index (χ0n) is 17.1. The lowest BCUT2D eigenvalue weighted by Gasteiger charge is -2.22. The summed E-state index contributed by atoms with van der Waals surface area (Å²) in [6, 6.07) is 10.8. The van der Waals surface area contributed by atoms with Gasteiger partial charge in [0.15, 0.2) is 0 Å². The molecule has 0 bridgehead atoms. The number of nitrogens with one attached hydrogen (secondary N) is 2. The maximum absolute atomic E-state index is 12.3. The first-order valence-corrected chi connectivity index (χ1v) is 9.19. The second-order valence-corrected chi connectivity index (χ2v) is 7.80. The molecule has 0 fully saturated rings. The molecule has 0 unspecified atom stereocenters. The maximum Gasteiger partial charge on any atom is 0.412 e. The van der Waals surface area contributed by atoms with E-state index in [4.69, 9.17) is 9.15 Å². The minimum Gasteiger partial charge on any atom is -0.468 e. The Hall–Kier alpha value is -2.80. The van der Waals surface area contributed by atoms with Crippen molar-refractivity contribution in [2.75, 3.05) is 26.0 Å². The summed E-state index contributed by atoms with van der Waals surface area (Å²) >= 11 is 0. The molecule has 2 amide bonds. The van der Waals surface area contributed by atoms with Crippen molar-refractivity contribution in [2.24, 2.45) is 0 Å². The first kappa shape index (κ1) is 21.5. The van der Waals surface area contributed by atoms with Crippen LogP contribution in [0.5, 0.6) is 0 Å². The largest absolute Gasteiger partial charge is 0.468 e. The van der Waals surface area contributed by atoms with Crippen molar-refractivity contribution < 1.29 is 18.7 Å². The van der Waals surface area contributed by atoms with Crippen LogP contribution < -0.4 is 10.6 Å². The lowest BCUT2D eigenvalue weighted by Crippen LogP contribution is -2.35. The van der Waals surface area contributed by atoms with Crippen LogP contribution in [-0.2, 0) is 16.0 Å². The highest BCUT2D eigenvalue weighted by molar-refractivity contribution is 5.85. The number of carbonyl (C=O) groups is 2. The Morgan fingerprint density at radius 2 is 1.82 bits per heavy atom. The van der Waals surface area contributed by atoms with E-state index in [2.05, 4.69) is 10.6 Å². The van der Waals surface area contributed by atoms with Gasteiger partial charge in [0.1, 0.15) is 11.4 Å². The minimum atomic E-state index is -0.553. The zero-order valence-corrected chi connectivity index (χ0v) is 17.1. The van der Waals surface area contributed by atoms with Crippen LogP contribution in [0.3, 0.4) is 0 Å². The van der Waals surface area contributed by atoms with Crippen LogP contribution in [0.15, 0.2) is 47.1 Å². The SMILES string of the molecule is CN(C)[C@@H](CNC(=O)Cc1ccc(NC(=O)OC(C)(C)C)cc1)c1ccco1. The van der Waals surface area contributed by atoms with Crippen LogP contribution in [0.2, 0.25) is 0 Å². The molecule has 0 saturated heterocycles. The fourth-order valence-electron chi connectivity index (χ4n) is 2.60. The second kappa shape index (κ2) is 9.41. The number of carbonyl (C=O) groups excluding carboxylic acids is 2. The van der Waals surface area contributed by atoms with E-state index in [1.54, 1.807) is 39.2 Å². The topological polar surface area (TPSA) is 83.8 Å².